The van der Waals surface area contributed by atoms with E-state index in [-0.39, 0.29) is 17.8 Å². The third kappa shape index (κ3) is 5.73. The van der Waals surface area contributed by atoms with Crippen molar-refractivity contribution in [3.63, 3.8) is 0 Å². The number of hydrogen-bond donors (Lipinski definition) is 1. The van der Waals surface area contributed by atoms with Gasteiger partial charge in [0.25, 0.3) is 5.91 Å². The molecule has 2 aromatic carbocycles. The van der Waals surface area contributed by atoms with Crippen LogP contribution in [0.15, 0.2) is 64.0 Å². The summed E-state index contributed by atoms with van der Waals surface area (Å²) in [6.07, 6.45) is 0. The molecule has 6 heteroatoms. The maximum atomic E-state index is 11.9. The van der Waals surface area contributed by atoms with Crippen LogP contribution < -0.4 is 5.32 Å². The summed E-state index contributed by atoms with van der Waals surface area (Å²) < 4.78 is 5.83. The van der Waals surface area contributed by atoms with Crippen LogP contribution in [-0.4, -0.2) is 23.7 Å². The van der Waals surface area contributed by atoms with E-state index in [1.165, 1.54) is 11.8 Å². The number of carbonyl (C=O) groups is 2. The molecule has 0 unspecified atom stereocenters. The number of esters is 1. The van der Waals surface area contributed by atoms with E-state index in [0.29, 0.717) is 5.69 Å². The van der Waals surface area contributed by atoms with Gasteiger partial charge in [-0.25, -0.2) is 0 Å². The van der Waals surface area contributed by atoms with Gasteiger partial charge >= 0.3 is 5.97 Å². The normalized spacial score (nSPS) is 11.6. The molecule has 1 atom stereocenters. The van der Waals surface area contributed by atoms with E-state index < -0.39 is 5.97 Å². The van der Waals surface area contributed by atoms with Crippen LogP contribution in [0, 0.1) is 0 Å². The van der Waals surface area contributed by atoms with E-state index in [4.69, 9.17) is 4.74 Å². The molecule has 0 spiro atoms. The van der Waals surface area contributed by atoms with Crippen molar-refractivity contribution in [2.45, 2.75) is 17.1 Å². The highest BCUT2D eigenvalue weighted by Crippen LogP contribution is 2.23. The summed E-state index contributed by atoms with van der Waals surface area (Å²) in [5.41, 5.74) is 0.639. The highest BCUT2D eigenvalue weighted by Gasteiger charge is 2.17. The quantitative estimate of drug-likeness (QED) is 0.592. The zero-order valence-electron chi connectivity index (χ0n) is 12.5. The molecule has 0 aliphatic heterocycles. The Balaban J connectivity index is 1.79. The molecular weight excluding hydrogens is 378 g/mol. The largest absolute Gasteiger partial charge is 0.455 e. The number of ether oxygens (including phenoxy) is 1. The van der Waals surface area contributed by atoms with E-state index in [0.717, 1.165) is 9.37 Å². The standard InChI is InChI=1S/C17H16BrNO3S/c1-12(23-13-7-3-2-4-8-13)17(21)22-11-16(20)19-15-10-6-5-9-14(15)18/h2-10,12H,11H2,1H3,(H,19,20)/t12-/m1/s1. The summed E-state index contributed by atoms with van der Waals surface area (Å²) in [6.45, 7) is 1.45. The number of halogens is 1. The molecule has 23 heavy (non-hydrogen) atoms. The Bertz CT molecular complexity index is 679. The van der Waals surface area contributed by atoms with Gasteiger partial charge in [-0.3, -0.25) is 9.59 Å². The van der Waals surface area contributed by atoms with Gasteiger partial charge in [-0.05, 0) is 47.1 Å². The van der Waals surface area contributed by atoms with E-state index in [2.05, 4.69) is 21.2 Å². The first-order valence-corrected chi connectivity index (χ1v) is 8.66. The van der Waals surface area contributed by atoms with Crippen molar-refractivity contribution in [3.8, 4) is 0 Å². The first-order chi connectivity index (χ1) is 11.1. The van der Waals surface area contributed by atoms with Crippen molar-refractivity contribution in [3.05, 3.63) is 59.1 Å². The molecule has 0 aliphatic rings. The Morgan fingerprint density at radius 1 is 1.13 bits per heavy atom. The fourth-order valence-electron chi connectivity index (χ4n) is 1.75. The Hall–Kier alpha value is -1.79. The van der Waals surface area contributed by atoms with Crippen molar-refractivity contribution in [2.24, 2.45) is 0 Å². The molecule has 0 saturated heterocycles. The van der Waals surface area contributed by atoms with Crippen molar-refractivity contribution >= 4 is 45.3 Å². The second-order valence-electron chi connectivity index (χ2n) is 4.71. The summed E-state index contributed by atoms with van der Waals surface area (Å²) in [4.78, 5) is 24.8. The number of benzene rings is 2. The van der Waals surface area contributed by atoms with Crippen molar-refractivity contribution in [2.75, 3.05) is 11.9 Å². The minimum absolute atomic E-state index is 0.306. The second-order valence-corrected chi connectivity index (χ2v) is 6.98. The fourth-order valence-corrected chi connectivity index (χ4v) is 3.02. The lowest BCUT2D eigenvalue weighted by molar-refractivity contribution is -0.146. The van der Waals surface area contributed by atoms with Gasteiger partial charge < -0.3 is 10.1 Å². The number of hydrogen-bond acceptors (Lipinski definition) is 4. The molecule has 1 amide bonds. The van der Waals surface area contributed by atoms with Crippen LogP contribution in [0.4, 0.5) is 5.69 Å². The topological polar surface area (TPSA) is 55.4 Å². The van der Waals surface area contributed by atoms with Crippen LogP contribution in [-0.2, 0) is 14.3 Å². The fraction of sp³-hybridized carbons (Fsp3) is 0.176. The van der Waals surface area contributed by atoms with Crippen LogP contribution in [0.3, 0.4) is 0 Å². The molecule has 0 bridgehead atoms. The molecule has 1 N–H and O–H groups in total. The van der Waals surface area contributed by atoms with E-state index in [1.54, 1.807) is 13.0 Å². The predicted octanol–water partition coefficient (Wildman–Crippen LogP) is 4.11. The van der Waals surface area contributed by atoms with Crippen LogP contribution in [0.25, 0.3) is 0 Å². The average molecular weight is 394 g/mol. The summed E-state index contributed by atoms with van der Waals surface area (Å²) in [6, 6.07) is 16.8. The number of para-hydroxylation sites is 1. The molecule has 2 aromatic rings. The predicted molar refractivity (Wildman–Crippen MR) is 95.5 cm³/mol. The summed E-state index contributed by atoms with van der Waals surface area (Å²) >= 11 is 4.74. The van der Waals surface area contributed by atoms with Gasteiger partial charge in [0.2, 0.25) is 0 Å². The Kier molecular flexibility index (Phi) is 6.67. The summed E-state index contributed by atoms with van der Waals surface area (Å²) in [7, 11) is 0. The van der Waals surface area contributed by atoms with E-state index in [1.807, 2.05) is 48.5 Å². The van der Waals surface area contributed by atoms with Gasteiger partial charge in [0, 0.05) is 9.37 Å². The summed E-state index contributed by atoms with van der Waals surface area (Å²) in [5, 5.41) is 2.30. The van der Waals surface area contributed by atoms with Crippen molar-refractivity contribution in [1.82, 2.24) is 0 Å². The number of thioether (sulfide) groups is 1. The molecular formula is C17H16BrNO3S. The van der Waals surface area contributed by atoms with E-state index in [9.17, 15) is 9.59 Å². The third-order valence-electron chi connectivity index (χ3n) is 2.88. The summed E-state index contributed by atoms with van der Waals surface area (Å²) in [5.74, 6) is -0.789. The Morgan fingerprint density at radius 3 is 2.48 bits per heavy atom. The second kappa shape index (κ2) is 8.74. The van der Waals surface area contributed by atoms with Crippen LogP contribution in [0.1, 0.15) is 6.92 Å². The lowest BCUT2D eigenvalue weighted by Crippen LogP contribution is -2.24. The molecule has 2 rings (SSSR count). The van der Waals surface area contributed by atoms with Gasteiger partial charge in [0.1, 0.15) is 5.25 Å². The van der Waals surface area contributed by atoms with Crippen LogP contribution >= 0.6 is 27.7 Å². The van der Waals surface area contributed by atoms with Gasteiger partial charge in [-0.15, -0.1) is 11.8 Å². The lowest BCUT2D eigenvalue weighted by Gasteiger charge is -2.11. The minimum Gasteiger partial charge on any atom is -0.455 e. The highest BCUT2D eigenvalue weighted by molar-refractivity contribution is 9.10. The Morgan fingerprint density at radius 2 is 1.78 bits per heavy atom. The van der Waals surface area contributed by atoms with Crippen LogP contribution in [0.2, 0.25) is 0 Å². The Labute approximate surface area is 147 Å². The maximum Gasteiger partial charge on any atom is 0.319 e. The van der Waals surface area contributed by atoms with Crippen molar-refractivity contribution < 1.29 is 14.3 Å². The number of rotatable bonds is 6. The molecule has 0 aliphatic carbocycles. The molecule has 0 saturated carbocycles. The first kappa shape index (κ1) is 17.6. The average Bonchev–Trinajstić information content (AvgIpc) is 2.55. The first-order valence-electron chi connectivity index (χ1n) is 6.99. The molecule has 0 radical (unpaired) electrons. The number of nitrogens with one attached hydrogen (secondary N) is 1. The zero-order valence-corrected chi connectivity index (χ0v) is 14.9. The van der Waals surface area contributed by atoms with Crippen LogP contribution in [0.5, 0.6) is 0 Å². The number of amides is 1. The maximum absolute atomic E-state index is 11.9. The molecule has 0 heterocycles. The third-order valence-corrected chi connectivity index (χ3v) is 4.66. The lowest BCUT2D eigenvalue weighted by atomic mass is 10.3. The van der Waals surface area contributed by atoms with Gasteiger partial charge in [0.15, 0.2) is 6.61 Å². The number of carbonyl (C=O) groups excluding carboxylic acids is 2. The van der Waals surface area contributed by atoms with Crippen molar-refractivity contribution in [1.29, 1.82) is 0 Å². The van der Waals surface area contributed by atoms with E-state index >= 15 is 0 Å². The van der Waals surface area contributed by atoms with Gasteiger partial charge in [-0.1, -0.05) is 30.3 Å². The minimum atomic E-state index is -0.416. The molecule has 0 aromatic heterocycles. The monoisotopic (exact) mass is 393 g/mol. The van der Waals surface area contributed by atoms with Gasteiger partial charge in [0.05, 0.1) is 5.69 Å². The molecule has 4 nitrogen and oxygen atoms in total. The zero-order chi connectivity index (χ0) is 16.7. The number of anilines is 1. The smallest absolute Gasteiger partial charge is 0.319 e. The SMILES string of the molecule is C[C@@H](Sc1ccccc1)C(=O)OCC(=O)Nc1ccccc1Br. The molecule has 120 valence electrons. The van der Waals surface area contributed by atoms with Gasteiger partial charge in [-0.2, -0.15) is 0 Å². The molecule has 0 fully saturated rings. The highest BCUT2D eigenvalue weighted by atomic mass is 79.9.